The van der Waals surface area contributed by atoms with Crippen molar-refractivity contribution in [2.45, 2.75) is 32.2 Å². The molecule has 1 aliphatic rings. The number of H-pyrrole nitrogens is 1. The van der Waals surface area contributed by atoms with Crippen LogP contribution in [0.25, 0.3) is 33.5 Å². The lowest BCUT2D eigenvalue weighted by molar-refractivity contribution is 0.0726. The van der Waals surface area contributed by atoms with Crippen molar-refractivity contribution in [3.63, 3.8) is 0 Å². The second-order valence-corrected chi connectivity index (χ2v) is 10.8. The molecule has 0 saturated carbocycles. The van der Waals surface area contributed by atoms with Gasteiger partial charge in [0.05, 0.1) is 23.4 Å². The zero-order valence-corrected chi connectivity index (χ0v) is 22.9. The molecule has 4 N–H and O–H groups in total. The topological polar surface area (TPSA) is 126 Å². The Kier molecular flexibility index (Phi) is 6.51. The summed E-state index contributed by atoms with van der Waals surface area (Å²) in [5, 5.41) is 11.6. The second kappa shape index (κ2) is 10.2. The second-order valence-electron chi connectivity index (χ2n) is 10.8. The van der Waals surface area contributed by atoms with Gasteiger partial charge in [-0.05, 0) is 30.2 Å². The van der Waals surface area contributed by atoms with Crippen LogP contribution < -0.4 is 11.1 Å². The first kappa shape index (κ1) is 25.6. The van der Waals surface area contributed by atoms with E-state index in [4.69, 9.17) is 15.7 Å². The lowest BCUT2D eigenvalue weighted by atomic mass is 9.84. The van der Waals surface area contributed by atoms with E-state index in [2.05, 4.69) is 46.5 Å². The number of nitrogens with zero attached hydrogens (tertiary/aromatic N) is 5. The number of benzene rings is 2. The summed E-state index contributed by atoms with van der Waals surface area (Å²) in [6.45, 7) is 5.76. The number of fused-ring (bicyclic) bond motifs is 2. The van der Waals surface area contributed by atoms with Crippen LogP contribution in [0.1, 0.15) is 41.2 Å². The Morgan fingerprint density at radius 1 is 1.07 bits per heavy atom. The van der Waals surface area contributed by atoms with Crippen LogP contribution in [0.2, 0.25) is 0 Å². The first-order chi connectivity index (χ1) is 19.4. The molecule has 4 heterocycles. The number of pyridine rings is 1. The minimum Gasteiger partial charge on any atom is -0.373 e. The number of carbonyl (C=O) groups excluding carboxylic acids is 1. The van der Waals surface area contributed by atoms with Gasteiger partial charge in [0.1, 0.15) is 11.5 Å². The van der Waals surface area contributed by atoms with Crippen LogP contribution in [0.15, 0.2) is 66.9 Å². The minimum atomic E-state index is -0.108. The van der Waals surface area contributed by atoms with Gasteiger partial charge in [-0.1, -0.05) is 56.3 Å². The number of hydrogen-bond acceptors (Lipinski definition) is 7. The number of rotatable bonds is 6. The molecule has 2 aromatic carbocycles. The summed E-state index contributed by atoms with van der Waals surface area (Å²) in [6, 6.07) is 20.0. The van der Waals surface area contributed by atoms with Crippen LogP contribution in [0.4, 0.5) is 5.82 Å². The molecule has 5 aromatic rings. The molecule has 0 fully saturated rings. The van der Waals surface area contributed by atoms with Crippen LogP contribution in [0, 0.1) is 0 Å². The van der Waals surface area contributed by atoms with E-state index in [-0.39, 0.29) is 11.3 Å². The van der Waals surface area contributed by atoms with Crippen molar-refractivity contribution in [3.05, 3.63) is 89.4 Å². The SMILES string of the molecule is CNc1nc(-c2cnc3ccccc3c2)nc2c1CCN(C(=O)c1cc(-c3ccc(C(C)(C)CN)cc3)n[nH]1)C2. The number of amides is 1. The van der Waals surface area contributed by atoms with Gasteiger partial charge in [0.25, 0.3) is 5.91 Å². The Balaban J connectivity index is 1.25. The third-order valence-corrected chi connectivity index (χ3v) is 7.72. The van der Waals surface area contributed by atoms with Gasteiger partial charge in [-0.3, -0.25) is 14.9 Å². The molecule has 9 nitrogen and oxygen atoms in total. The maximum atomic E-state index is 13.5. The van der Waals surface area contributed by atoms with E-state index in [1.165, 1.54) is 5.56 Å². The molecule has 9 heteroatoms. The van der Waals surface area contributed by atoms with Crippen molar-refractivity contribution in [3.8, 4) is 22.6 Å². The van der Waals surface area contributed by atoms with Gasteiger partial charge in [0.2, 0.25) is 0 Å². The Hall–Kier alpha value is -4.63. The number of nitrogens with two attached hydrogens (primary N) is 1. The minimum absolute atomic E-state index is 0.100. The number of carbonyl (C=O) groups is 1. The average Bonchev–Trinajstić information content (AvgIpc) is 3.50. The predicted octanol–water partition coefficient (Wildman–Crippen LogP) is 4.56. The predicted molar refractivity (Wildman–Crippen MR) is 157 cm³/mol. The summed E-state index contributed by atoms with van der Waals surface area (Å²) in [7, 11) is 1.86. The Bertz CT molecular complexity index is 1710. The maximum absolute atomic E-state index is 13.5. The molecule has 0 saturated heterocycles. The molecular formula is C31H32N8O. The van der Waals surface area contributed by atoms with Crippen LogP contribution in [-0.4, -0.2) is 56.1 Å². The fourth-order valence-electron chi connectivity index (χ4n) is 5.09. The van der Waals surface area contributed by atoms with Crippen LogP contribution in [0.5, 0.6) is 0 Å². The number of anilines is 1. The van der Waals surface area contributed by atoms with Gasteiger partial charge in [-0.25, -0.2) is 9.97 Å². The van der Waals surface area contributed by atoms with Gasteiger partial charge in [0.15, 0.2) is 5.82 Å². The summed E-state index contributed by atoms with van der Waals surface area (Å²) < 4.78 is 0. The summed E-state index contributed by atoms with van der Waals surface area (Å²) in [6.07, 6.45) is 2.46. The third kappa shape index (κ3) is 4.69. The lowest BCUT2D eigenvalue weighted by Crippen LogP contribution is -2.37. The van der Waals surface area contributed by atoms with E-state index in [0.717, 1.165) is 44.8 Å². The van der Waals surface area contributed by atoms with Gasteiger partial charge < -0.3 is 16.0 Å². The quantitative estimate of drug-likeness (QED) is 0.293. The van der Waals surface area contributed by atoms with Crippen molar-refractivity contribution < 1.29 is 4.79 Å². The van der Waals surface area contributed by atoms with E-state index in [1.54, 1.807) is 11.1 Å². The molecule has 0 aliphatic carbocycles. The number of hydrogen-bond donors (Lipinski definition) is 3. The fraction of sp³-hybridized carbons (Fsp3) is 0.258. The molecule has 1 aliphatic heterocycles. The summed E-state index contributed by atoms with van der Waals surface area (Å²) in [5.41, 5.74) is 12.7. The fourth-order valence-corrected chi connectivity index (χ4v) is 5.09. The zero-order chi connectivity index (χ0) is 27.9. The summed E-state index contributed by atoms with van der Waals surface area (Å²) in [5.74, 6) is 1.26. The molecule has 1 amide bonds. The number of para-hydroxylation sites is 1. The molecule has 0 spiro atoms. The molecule has 0 unspecified atom stereocenters. The van der Waals surface area contributed by atoms with Crippen molar-refractivity contribution in [1.82, 2.24) is 30.0 Å². The van der Waals surface area contributed by atoms with Gasteiger partial charge in [-0.2, -0.15) is 5.10 Å². The van der Waals surface area contributed by atoms with Crippen molar-refractivity contribution >= 4 is 22.6 Å². The summed E-state index contributed by atoms with van der Waals surface area (Å²) >= 11 is 0. The highest BCUT2D eigenvalue weighted by Crippen LogP contribution is 2.29. The van der Waals surface area contributed by atoms with E-state index in [1.807, 2.05) is 55.6 Å². The number of aromatic nitrogens is 5. The normalized spacial score (nSPS) is 13.3. The standard InChI is InChI=1S/C31H32N8O/c1-31(2,18-32)22-10-8-19(9-11-22)25-15-26(38-37-25)30(40)39-13-12-23-27(17-39)35-28(36-29(23)33-3)21-14-20-6-4-5-7-24(20)34-16-21/h4-11,14-16H,12-13,17-18,32H2,1-3H3,(H,37,38)(H,33,35,36). The Labute approximate surface area is 232 Å². The number of aromatic amines is 1. The number of nitrogens with one attached hydrogen (secondary N) is 2. The monoisotopic (exact) mass is 532 g/mol. The summed E-state index contributed by atoms with van der Waals surface area (Å²) in [4.78, 5) is 29.6. The molecule has 40 heavy (non-hydrogen) atoms. The molecule has 0 bridgehead atoms. The smallest absolute Gasteiger partial charge is 0.272 e. The molecule has 6 rings (SSSR count). The van der Waals surface area contributed by atoms with E-state index >= 15 is 0 Å². The molecule has 0 atom stereocenters. The van der Waals surface area contributed by atoms with Gasteiger partial charge >= 0.3 is 0 Å². The molecular weight excluding hydrogens is 500 g/mol. The largest absolute Gasteiger partial charge is 0.373 e. The van der Waals surface area contributed by atoms with Crippen molar-refractivity contribution in [2.75, 3.05) is 25.5 Å². The first-order valence-electron chi connectivity index (χ1n) is 13.4. The molecule has 0 radical (unpaired) electrons. The van der Waals surface area contributed by atoms with E-state index < -0.39 is 0 Å². The first-order valence-corrected chi connectivity index (χ1v) is 13.4. The van der Waals surface area contributed by atoms with Gasteiger partial charge in [0, 0.05) is 53.8 Å². The zero-order valence-electron chi connectivity index (χ0n) is 22.9. The average molecular weight is 533 g/mol. The van der Waals surface area contributed by atoms with Crippen molar-refractivity contribution in [2.24, 2.45) is 5.73 Å². The highest BCUT2D eigenvalue weighted by atomic mass is 16.2. The highest BCUT2D eigenvalue weighted by molar-refractivity contribution is 5.93. The van der Waals surface area contributed by atoms with Crippen LogP contribution in [0.3, 0.4) is 0 Å². The van der Waals surface area contributed by atoms with Gasteiger partial charge in [-0.15, -0.1) is 0 Å². The molecule has 3 aromatic heterocycles. The van der Waals surface area contributed by atoms with Crippen LogP contribution in [-0.2, 0) is 18.4 Å². The van der Waals surface area contributed by atoms with Crippen LogP contribution >= 0.6 is 0 Å². The highest BCUT2D eigenvalue weighted by Gasteiger charge is 2.27. The van der Waals surface area contributed by atoms with E-state index in [9.17, 15) is 4.79 Å². The molecule has 202 valence electrons. The van der Waals surface area contributed by atoms with E-state index in [0.29, 0.717) is 37.6 Å². The Morgan fingerprint density at radius 3 is 2.65 bits per heavy atom. The van der Waals surface area contributed by atoms with Crippen molar-refractivity contribution in [1.29, 1.82) is 0 Å². The maximum Gasteiger partial charge on any atom is 0.272 e. The lowest BCUT2D eigenvalue weighted by Gasteiger charge is -2.29. The Morgan fingerprint density at radius 2 is 1.88 bits per heavy atom. The third-order valence-electron chi connectivity index (χ3n) is 7.72.